The van der Waals surface area contributed by atoms with Crippen molar-refractivity contribution in [1.29, 1.82) is 0 Å². The zero-order valence-corrected chi connectivity index (χ0v) is 11.0. The molecule has 98 valence electrons. The van der Waals surface area contributed by atoms with E-state index >= 15 is 0 Å². The Balaban J connectivity index is 1.86. The Bertz CT molecular complexity index is 402. The van der Waals surface area contributed by atoms with E-state index in [9.17, 15) is 4.79 Å². The molecule has 1 heterocycles. The zero-order chi connectivity index (χ0) is 13.0. The van der Waals surface area contributed by atoms with Crippen molar-refractivity contribution >= 4 is 11.7 Å². The van der Waals surface area contributed by atoms with Gasteiger partial charge in [0.25, 0.3) is 0 Å². The molecule has 1 aliphatic heterocycles. The number of aryl methyl sites for hydroxylation is 1. The second-order valence-corrected chi connectivity index (χ2v) is 5.04. The van der Waals surface area contributed by atoms with E-state index in [-0.39, 0.29) is 12.1 Å². The van der Waals surface area contributed by atoms with Crippen molar-refractivity contribution in [3.8, 4) is 0 Å². The molecule has 1 fully saturated rings. The molecular weight excluding hydrogens is 226 g/mol. The summed E-state index contributed by atoms with van der Waals surface area (Å²) in [5.74, 6) is 0.523. The SMILES string of the molecule is Cc1ccc(NC(=O)NC2CNCCC2C)cc1. The molecule has 1 saturated heterocycles. The normalized spacial score (nSPS) is 23.4. The van der Waals surface area contributed by atoms with E-state index in [1.54, 1.807) is 0 Å². The smallest absolute Gasteiger partial charge is 0.319 e. The summed E-state index contributed by atoms with van der Waals surface area (Å²) in [6.45, 7) is 6.10. The van der Waals surface area contributed by atoms with E-state index in [0.29, 0.717) is 5.92 Å². The largest absolute Gasteiger partial charge is 0.334 e. The second-order valence-electron chi connectivity index (χ2n) is 5.04. The van der Waals surface area contributed by atoms with Gasteiger partial charge in [-0.15, -0.1) is 0 Å². The highest BCUT2D eigenvalue weighted by molar-refractivity contribution is 5.89. The van der Waals surface area contributed by atoms with Crippen molar-refractivity contribution in [2.45, 2.75) is 26.3 Å². The van der Waals surface area contributed by atoms with Gasteiger partial charge in [-0.2, -0.15) is 0 Å². The van der Waals surface area contributed by atoms with Crippen LogP contribution in [0.15, 0.2) is 24.3 Å². The van der Waals surface area contributed by atoms with E-state index in [0.717, 1.165) is 25.2 Å². The van der Waals surface area contributed by atoms with Crippen LogP contribution < -0.4 is 16.0 Å². The van der Waals surface area contributed by atoms with Crippen LogP contribution in [0.4, 0.5) is 10.5 Å². The Hall–Kier alpha value is -1.55. The molecule has 1 aliphatic rings. The van der Waals surface area contributed by atoms with Crippen LogP contribution in [0, 0.1) is 12.8 Å². The molecule has 2 rings (SSSR count). The fourth-order valence-corrected chi connectivity index (χ4v) is 2.16. The van der Waals surface area contributed by atoms with Gasteiger partial charge >= 0.3 is 6.03 Å². The van der Waals surface area contributed by atoms with Gasteiger partial charge in [0.1, 0.15) is 0 Å². The third-order valence-corrected chi connectivity index (χ3v) is 3.45. The monoisotopic (exact) mass is 247 g/mol. The van der Waals surface area contributed by atoms with Gasteiger partial charge in [-0.3, -0.25) is 0 Å². The number of hydrogen-bond acceptors (Lipinski definition) is 2. The van der Waals surface area contributed by atoms with Gasteiger partial charge in [0.15, 0.2) is 0 Å². The Morgan fingerprint density at radius 1 is 1.33 bits per heavy atom. The molecule has 4 heteroatoms. The Morgan fingerprint density at radius 2 is 2.06 bits per heavy atom. The summed E-state index contributed by atoms with van der Waals surface area (Å²) >= 11 is 0. The lowest BCUT2D eigenvalue weighted by Gasteiger charge is -2.30. The van der Waals surface area contributed by atoms with Crippen molar-refractivity contribution in [2.24, 2.45) is 5.92 Å². The van der Waals surface area contributed by atoms with Gasteiger partial charge < -0.3 is 16.0 Å². The van der Waals surface area contributed by atoms with Crippen LogP contribution in [0.5, 0.6) is 0 Å². The van der Waals surface area contributed by atoms with E-state index < -0.39 is 0 Å². The fourth-order valence-electron chi connectivity index (χ4n) is 2.16. The molecule has 0 aliphatic carbocycles. The lowest BCUT2D eigenvalue weighted by atomic mass is 9.95. The van der Waals surface area contributed by atoms with Crippen LogP contribution in [0.1, 0.15) is 18.9 Å². The number of nitrogens with one attached hydrogen (secondary N) is 3. The van der Waals surface area contributed by atoms with Gasteiger partial charge in [0.2, 0.25) is 0 Å². The van der Waals surface area contributed by atoms with Crippen LogP contribution >= 0.6 is 0 Å². The lowest BCUT2D eigenvalue weighted by Crippen LogP contribution is -2.51. The molecular formula is C14H21N3O. The summed E-state index contributed by atoms with van der Waals surface area (Å²) < 4.78 is 0. The van der Waals surface area contributed by atoms with Crippen molar-refractivity contribution in [3.05, 3.63) is 29.8 Å². The van der Waals surface area contributed by atoms with E-state index in [1.807, 2.05) is 31.2 Å². The van der Waals surface area contributed by atoms with Crippen molar-refractivity contribution in [2.75, 3.05) is 18.4 Å². The van der Waals surface area contributed by atoms with Crippen molar-refractivity contribution in [1.82, 2.24) is 10.6 Å². The summed E-state index contributed by atoms with van der Waals surface area (Å²) in [4.78, 5) is 11.9. The molecule has 0 bridgehead atoms. The Morgan fingerprint density at radius 3 is 2.72 bits per heavy atom. The topological polar surface area (TPSA) is 53.2 Å². The van der Waals surface area contributed by atoms with Crippen LogP contribution in [0.3, 0.4) is 0 Å². The zero-order valence-electron chi connectivity index (χ0n) is 11.0. The van der Waals surface area contributed by atoms with Crippen LogP contribution in [0.25, 0.3) is 0 Å². The van der Waals surface area contributed by atoms with Crippen molar-refractivity contribution in [3.63, 3.8) is 0 Å². The number of hydrogen-bond donors (Lipinski definition) is 3. The molecule has 2 unspecified atom stereocenters. The molecule has 1 aromatic carbocycles. The molecule has 2 atom stereocenters. The second kappa shape index (κ2) is 5.87. The molecule has 4 nitrogen and oxygen atoms in total. The Labute approximate surface area is 108 Å². The number of rotatable bonds is 2. The van der Waals surface area contributed by atoms with E-state index in [1.165, 1.54) is 5.56 Å². The number of amides is 2. The highest BCUT2D eigenvalue weighted by Crippen LogP contribution is 2.12. The highest BCUT2D eigenvalue weighted by atomic mass is 16.2. The lowest BCUT2D eigenvalue weighted by molar-refractivity contribution is 0.236. The first-order chi connectivity index (χ1) is 8.65. The molecule has 3 N–H and O–H groups in total. The minimum absolute atomic E-state index is 0.126. The van der Waals surface area contributed by atoms with Crippen molar-refractivity contribution < 1.29 is 4.79 Å². The fraction of sp³-hybridized carbons (Fsp3) is 0.500. The minimum Gasteiger partial charge on any atom is -0.334 e. The summed E-state index contributed by atoms with van der Waals surface area (Å²) in [5.41, 5.74) is 2.01. The minimum atomic E-state index is -0.126. The molecule has 0 aromatic heterocycles. The quantitative estimate of drug-likeness (QED) is 0.749. The first kappa shape index (κ1) is 12.9. The number of carbonyl (C=O) groups excluding carboxylic acids is 1. The highest BCUT2D eigenvalue weighted by Gasteiger charge is 2.22. The van der Waals surface area contributed by atoms with Crippen LogP contribution in [-0.4, -0.2) is 25.2 Å². The van der Waals surface area contributed by atoms with Crippen LogP contribution in [-0.2, 0) is 0 Å². The van der Waals surface area contributed by atoms with Gasteiger partial charge in [-0.25, -0.2) is 4.79 Å². The van der Waals surface area contributed by atoms with E-state index in [2.05, 4.69) is 22.9 Å². The summed E-state index contributed by atoms with van der Waals surface area (Å²) in [7, 11) is 0. The maximum atomic E-state index is 11.9. The third-order valence-electron chi connectivity index (χ3n) is 3.45. The first-order valence-corrected chi connectivity index (χ1v) is 6.50. The molecule has 0 radical (unpaired) electrons. The maximum absolute atomic E-state index is 11.9. The Kier molecular flexibility index (Phi) is 4.20. The number of urea groups is 1. The van der Waals surface area contributed by atoms with Gasteiger partial charge in [-0.05, 0) is 37.9 Å². The number of anilines is 1. The van der Waals surface area contributed by atoms with E-state index in [4.69, 9.17) is 0 Å². The number of benzene rings is 1. The number of piperidine rings is 1. The molecule has 0 spiro atoms. The van der Waals surface area contributed by atoms with Gasteiger partial charge in [0, 0.05) is 18.3 Å². The standard InChI is InChI=1S/C14H21N3O/c1-10-3-5-12(6-4-10)16-14(18)17-13-9-15-8-7-11(13)2/h3-6,11,13,15H,7-9H2,1-2H3,(H2,16,17,18). The summed E-state index contributed by atoms with van der Waals surface area (Å²) in [5, 5.41) is 9.18. The first-order valence-electron chi connectivity index (χ1n) is 6.50. The molecule has 1 aromatic rings. The third kappa shape index (κ3) is 3.47. The predicted octanol–water partition coefficient (Wildman–Crippen LogP) is 2.11. The summed E-state index contributed by atoms with van der Waals surface area (Å²) in [6.07, 6.45) is 1.11. The predicted molar refractivity (Wildman–Crippen MR) is 73.8 cm³/mol. The average molecular weight is 247 g/mol. The van der Waals surface area contributed by atoms with Gasteiger partial charge in [0.05, 0.1) is 0 Å². The summed E-state index contributed by atoms with van der Waals surface area (Å²) in [6, 6.07) is 7.89. The van der Waals surface area contributed by atoms with Gasteiger partial charge in [-0.1, -0.05) is 24.6 Å². The number of carbonyl (C=O) groups is 1. The molecule has 18 heavy (non-hydrogen) atoms. The molecule has 2 amide bonds. The maximum Gasteiger partial charge on any atom is 0.319 e. The van der Waals surface area contributed by atoms with Crippen LogP contribution in [0.2, 0.25) is 0 Å². The average Bonchev–Trinajstić information content (AvgIpc) is 2.35. The molecule has 0 saturated carbocycles.